The number of guanidine groups is 1. The molecule has 0 unspecified atom stereocenters. The number of piperazine rings is 1. The molecule has 1 aromatic carbocycles. The monoisotopic (exact) mass is 411 g/mol. The number of esters is 1. The quantitative estimate of drug-likeness (QED) is 0.549. The Bertz CT molecular complexity index is 889. The molecule has 1 fully saturated rings. The number of amides is 1. The SMILES string of the molecule is CCOC(=O)[C@H]1C(=O)NC(N2CC[NH+](Cc3ccccc3)CC2)=N[C@@H]1c1ccco1. The number of quaternary nitrogens is 1. The number of aliphatic imine (C=N–C) groups is 1. The molecule has 30 heavy (non-hydrogen) atoms. The molecule has 1 aromatic heterocycles. The maximum Gasteiger partial charge on any atom is 0.321 e. The van der Waals surface area contributed by atoms with Gasteiger partial charge < -0.3 is 19.0 Å². The Morgan fingerprint density at radius 1 is 1.23 bits per heavy atom. The van der Waals surface area contributed by atoms with E-state index in [9.17, 15) is 9.59 Å². The van der Waals surface area contributed by atoms with Crippen LogP contribution in [0.1, 0.15) is 24.3 Å². The standard InChI is InChI=1S/C22H26N4O4/c1-2-29-21(28)18-19(17-9-6-14-30-17)23-22(24-20(18)27)26-12-10-25(11-13-26)15-16-7-4-3-5-8-16/h3-9,14,18-19H,2,10-13,15H2,1H3,(H,23,24,27)/p+1/t18-,19-/m1/s1. The highest BCUT2D eigenvalue weighted by Gasteiger charge is 2.43. The van der Waals surface area contributed by atoms with E-state index in [4.69, 9.17) is 14.1 Å². The molecule has 0 spiro atoms. The van der Waals surface area contributed by atoms with Gasteiger partial charge in [-0.15, -0.1) is 0 Å². The van der Waals surface area contributed by atoms with Gasteiger partial charge in [-0.2, -0.15) is 0 Å². The lowest BCUT2D eigenvalue weighted by atomic mass is 9.95. The van der Waals surface area contributed by atoms with Gasteiger partial charge in [-0.3, -0.25) is 14.9 Å². The van der Waals surface area contributed by atoms with Gasteiger partial charge in [-0.05, 0) is 19.1 Å². The van der Waals surface area contributed by atoms with E-state index in [0.717, 1.165) is 32.7 Å². The van der Waals surface area contributed by atoms with E-state index < -0.39 is 23.8 Å². The van der Waals surface area contributed by atoms with Gasteiger partial charge in [0.15, 0.2) is 5.92 Å². The average molecular weight is 411 g/mol. The van der Waals surface area contributed by atoms with E-state index in [2.05, 4.69) is 34.5 Å². The van der Waals surface area contributed by atoms with Crippen molar-refractivity contribution in [2.75, 3.05) is 32.8 Å². The Morgan fingerprint density at radius 3 is 2.67 bits per heavy atom. The molecule has 2 aliphatic heterocycles. The molecule has 4 rings (SSSR count). The first-order chi connectivity index (χ1) is 14.7. The Hall–Kier alpha value is -3.13. The highest BCUT2D eigenvalue weighted by molar-refractivity contribution is 6.08. The number of nitrogens with one attached hydrogen (secondary N) is 2. The molecular formula is C22H27N4O4+. The van der Waals surface area contributed by atoms with Crippen LogP contribution in [-0.4, -0.2) is 55.5 Å². The van der Waals surface area contributed by atoms with Crippen LogP contribution in [0.5, 0.6) is 0 Å². The summed E-state index contributed by atoms with van der Waals surface area (Å²) in [5.41, 5.74) is 1.32. The van der Waals surface area contributed by atoms with E-state index >= 15 is 0 Å². The molecule has 0 aliphatic carbocycles. The molecule has 0 bridgehead atoms. The van der Waals surface area contributed by atoms with Gasteiger partial charge in [0.25, 0.3) is 0 Å². The predicted molar refractivity (Wildman–Crippen MR) is 110 cm³/mol. The second-order valence-electron chi connectivity index (χ2n) is 7.53. The molecule has 0 saturated carbocycles. The maximum absolute atomic E-state index is 12.8. The molecule has 158 valence electrons. The van der Waals surface area contributed by atoms with Crippen LogP contribution in [0.3, 0.4) is 0 Å². The predicted octanol–water partition coefficient (Wildman–Crippen LogP) is 0.387. The molecule has 0 radical (unpaired) electrons. The molecule has 1 saturated heterocycles. The molecule has 2 aromatic rings. The van der Waals surface area contributed by atoms with Crippen LogP contribution in [0.25, 0.3) is 0 Å². The number of hydrogen-bond acceptors (Lipinski definition) is 6. The van der Waals surface area contributed by atoms with Crippen LogP contribution in [-0.2, 0) is 20.9 Å². The van der Waals surface area contributed by atoms with Crippen LogP contribution in [0.15, 0.2) is 58.1 Å². The number of rotatable bonds is 5. The van der Waals surface area contributed by atoms with E-state index in [1.807, 2.05) is 6.07 Å². The lowest BCUT2D eigenvalue weighted by molar-refractivity contribution is -0.917. The fourth-order valence-corrected chi connectivity index (χ4v) is 3.98. The van der Waals surface area contributed by atoms with Gasteiger partial charge in [0.1, 0.15) is 18.3 Å². The van der Waals surface area contributed by atoms with Crippen molar-refractivity contribution in [3.05, 3.63) is 60.1 Å². The lowest BCUT2D eigenvalue weighted by Gasteiger charge is -2.36. The van der Waals surface area contributed by atoms with E-state index in [1.165, 1.54) is 16.7 Å². The van der Waals surface area contributed by atoms with Gasteiger partial charge in [0, 0.05) is 5.56 Å². The molecular weight excluding hydrogens is 384 g/mol. The number of ether oxygens (including phenoxy) is 1. The van der Waals surface area contributed by atoms with E-state index in [-0.39, 0.29) is 6.61 Å². The number of nitrogens with zero attached hydrogens (tertiary/aromatic N) is 2. The summed E-state index contributed by atoms with van der Waals surface area (Å²) in [4.78, 5) is 33.5. The fourth-order valence-electron chi connectivity index (χ4n) is 3.98. The number of furan rings is 1. The minimum atomic E-state index is -1.05. The van der Waals surface area contributed by atoms with Crippen molar-refractivity contribution >= 4 is 17.8 Å². The van der Waals surface area contributed by atoms with Crippen molar-refractivity contribution in [2.24, 2.45) is 10.9 Å². The highest BCUT2D eigenvalue weighted by Crippen LogP contribution is 2.31. The van der Waals surface area contributed by atoms with Crippen molar-refractivity contribution in [3.8, 4) is 0 Å². The average Bonchev–Trinajstić information content (AvgIpc) is 3.29. The number of carbonyl (C=O) groups is 2. The minimum Gasteiger partial charge on any atom is -0.467 e. The van der Waals surface area contributed by atoms with E-state index in [0.29, 0.717) is 11.7 Å². The van der Waals surface area contributed by atoms with Crippen molar-refractivity contribution in [2.45, 2.75) is 19.5 Å². The van der Waals surface area contributed by atoms with Gasteiger partial charge >= 0.3 is 5.97 Å². The minimum absolute atomic E-state index is 0.205. The molecule has 8 nitrogen and oxygen atoms in total. The van der Waals surface area contributed by atoms with Crippen LogP contribution < -0.4 is 10.2 Å². The molecule has 2 atom stereocenters. The first-order valence-corrected chi connectivity index (χ1v) is 10.4. The molecule has 2 aliphatic rings. The van der Waals surface area contributed by atoms with Crippen molar-refractivity contribution in [1.29, 1.82) is 0 Å². The third-order valence-electron chi connectivity index (χ3n) is 5.54. The van der Waals surface area contributed by atoms with Crippen LogP contribution in [0.2, 0.25) is 0 Å². The zero-order valence-electron chi connectivity index (χ0n) is 17.0. The Labute approximate surface area is 175 Å². The van der Waals surface area contributed by atoms with Crippen molar-refractivity contribution in [1.82, 2.24) is 10.2 Å². The third kappa shape index (κ3) is 4.38. The Morgan fingerprint density at radius 2 is 2.00 bits per heavy atom. The summed E-state index contributed by atoms with van der Waals surface area (Å²) in [6.07, 6.45) is 1.52. The highest BCUT2D eigenvalue weighted by atomic mass is 16.5. The molecule has 2 N–H and O–H groups in total. The first-order valence-electron chi connectivity index (χ1n) is 10.4. The summed E-state index contributed by atoms with van der Waals surface area (Å²) in [6.45, 7) is 6.33. The van der Waals surface area contributed by atoms with Crippen LogP contribution in [0, 0.1) is 5.92 Å². The van der Waals surface area contributed by atoms with Crippen LogP contribution >= 0.6 is 0 Å². The second-order valence-corrected chi connectivity index (χ2v) is 7.53. The second kappa shape index (κ2) is 9.13. The summed E-state index contributed by atoms with van der Waals surface area (Å²) >= 11 is 0. The fraction of sp³-hybridized carbons (Fsp3) is 0.409. The molecule has 3 heterocycles. The number of benzene rings is 1. The van der Waals surface area contributed by atoms with Crippen molar-refractivity contribution < 1.29 is 23.6 Å². The summed E-state index contributed by atoms with van der Waals surface area (Å²) < 4.78 is 10.6. The van der Waals surface area contributed by atoms with E-state index in [1.54, 1.807) is 19.1 Å². The van der Waals surface area contributed by atoms with Crippen LogP contribution in [0.4, 0.5) is 0 Å². The zero-order chi connectivity index (χ0) is 20.9. The number of carbonyl (C=O) groups excluding carboxylic acids is 2. The smallest absolute Gasteiger partial charge is 0.321 e. The normalized spacial score (nSPS) is 22.4. The van der Waals surface area contributed by atoms with Gasteiger partial charge in [-0.25, -0.2) is 4.99 Å². The van der Waals surface area contributed by atoms with Gasteiger partial charge in [-0.1, -0.05) is 30.3 Å². The molecule has 8 heteroatoms. The number of hydrogen-bond donors (Lipinski definition) is 2. The Kier molecular flexibility index (Phi) is 6.13. The Balaban J connectivity index is 1.47. The third-order valence-corrected chi connectivity index (χ3v) is 5.54. The summed E-state index contributed by atoms with van der Waals surface area (Å²) in [6, 6.07) is 13.2. The summed E-state index contributed by atoms with van der Waals surface area (Å²) in [7, 11) is 0. The summed E-state index contributed by atoms with van der Waals surface area (Å²) in [5.74, 6) is -1.06. The van der Waals surface area contributed by atoms with Crippen molar-refractivity contribution in [3.63, 3.8) is 0 Å². The topological polar surface area (TPSA) is 88.6 Å². The van der Waals surface area contributed by atoms with Gasteiger partial charge in [0.2, 0.25) is 11.9 Å². The lowest BCUT2D eigenvalue weighted by Crippen LogP contribution is -3.13. The van der Waals surface area contributed by atoms with Gasteiger partial charge in [0.05, 0.1) is 39.0 Å². The molecule has 1 amide bonds. The summed E-state index contributed by atoms with van der Waals surface area (Å²) in [5, 5.41) is 2.82. The zero-order valence-corrected chi connectivity index (χ0v) is 17.0. The maximum atomic E-state index is 12.8. The largest absolute Gasteiger partial charge is 0.467 e. The first kappa shape index (κ1) is 20.2.